The van der Waals surface area contributed by atoms with E-state index >= 15 is 0 Å². The summed E-state index contributed by atoms with van der Waals surface area (Å²) >= 11 is 18.7. The highest BCUT2D eigenvalue weighted by Crippen LogP contribution is 2.39. The van der Waals surface area contributed by atoms with Gasteiger partial charge in [-0.05, 0) is 56.5 Å². The number of hydrazone groups is 1. The Labute approximate surface area is 195 Å². The zero-order valence-electron chi connectivity index (χ0n) is 17.3. The van der Waals surface area contributed by atoms with Crippen molar-refractivity contribution < 1.29 is 14.1 Å². The lowest BCUT2D eigenvalue weighted by Crippen LogP contribution is -2.13. The maximum Gasteiger partial charge on any atom is 0.371 e. The van der Waals surface area contributed by atoms with Crippen LogP contribution in [0.5, 0.6) is 0 Å². The van der Waals surface area contributed by atoms with E-state index in [2.05, 4.69) is 15.7 Å². The molecule has 0 radical (unpaired) electrons. The zero-order valence-corrected chi connectivity index (χ0v) is 19.6. The zero-order chi connectivity index (χ0) is 22.7. The second-order valence-corrected chi connectivity index (χ2v) is 8.13. The van der Waals surface area contributed by atoms with Crippen molar-refractivity contribution in [2.45, 2.75) is 34.3 Å². The lowest BCUT2D eigenvalue weighted by atomic mass is 9.97. The molecule has 0 unspecified atom stereocenters. The van der Waals surface area contributed by atoms with Crippen LogP contribution in [0.1, 0.15) is 28.0 Å². The normalized spacial score (nSPS) is 11.5. The minimum absolute atomic E-state index is 0.159. The van der Waals surface area contributed by atoms with Crippen LogP contribution in [0.15, 0.2) is 40.0 Å². The van der Waals surface area contributed by atoms with Gasteiger partial charge in [-0.3, -0.25) is 5.43 Å². The molecule has 0 bridgehead atoms. The second kappa shape index (κ2) is 9.73. The van der Waals surface area contributed by atoms with Gasteiger partial charge in [0.25, 0.3) is 0 Å². The summed E-state index contributed by atoms with van der Waals surface area (Å²) in [5.74, 6) is -0.459. The van der Waals surface area contributed by atoms with E-state index in [1.807, 2.05) is 52.0 Å². The number of carbonyl (C=O) groups excluding carboxylic acids is 1. The smallest absolute Gasteiger partial charge is 0.371 e. The summed E-state index contributed by atoms with van der Waals surface area (Å²) in [5, 5.41) is 8.69. The van der Waals surface area contributed by atoms with Crippen LogP contribution in [-0.4, -0.2) is 16.3 Å². The number of hydrogen-bond acceptors (Lipinski definition) is 6. The summed E-state index contributed by atoms with van der Waals surface area (Å²) < 4.78 is 10.4. The first kappa shape index (κ1) is 23.1. The molecule has 0 aliphatic rings. The molecule has 2 aromatic carbocycles. The van der Waals surface area contributed by atoms with Crippen molar-refractivity contribution in [1.82, 2.24) is 5.16 Å². The molecule has 9 heteroatoms. The first-order valence-electron chi connectivity index (χ1n) is 9.32. The Morgan fingerprint density at radius 2 is 1.68 bits per heavy atom. The number of aryl methyl sites for hydroxylation is 1. The number of ether oxygens (including phenoxy) is 1. The average molecular weight is 481 g/mol. The van der Waals surface area contributed by atoms with Crippen molar-refractivity contribution in [2.24, 2.45) is 5.10 Å². The molecule has 3 rings (SSSR count). The molecular formula is C22H20Cl3N3O3. The summed E-state index contributed by atoms with van der Waals surface area (Å²) in [4.78, 5) is 12.1. The van der Waals surface area contributed by atoms with Gasteiger partial charge in [0.05, 0.1) is 5.69 Å². The average Bonchev–Trinajstić information content (AvgIpc) is 3.22. The Morgan fingerprint density at radius 3 is 2.29 bits per heavy atom. The van der Waals surface area contributed by atoms with Gasteiger partial charge in [0.15, 0.2) is 12.4 Å². The molecule has 6 nitrogen and oxygen atoms in total. The van der Waals surface area contributed by atoms with E-state index in [-0.39, 0.29) is 11.8 Å². The lowest BCUT2D eigenvalue weighted by molar-refractivity contribution is -0.137. The topological polar surface area (TPSA) is 76.7 Å². The largest absolute Gasteiger partial charge is 0.452 e. The molecular weight excluding hydrogens is 461 g/mol. The van der Waals surface area contributed by atoms with Gasteiger partial charge in [-0.15, -0.1) is 0 Å². The number of aromatic nitrogens is 1. The predicted octanol–water partition coefficient (Wildman–Crippen LogP) is 6.59. The maximum atomic E-state index is 12.1. The summed E-state index contributed by atoms with van der Waals surface area (Å²) in [6, 6.07) is 9.11. The lowest BCUT2D eigenvalue weighted by Gasteiger charge is -2.14. The van der Waals surface area contributed by atoms with Gasteiger partial charge in [-0.2, -0.15) is 5.10 Å². The van der Waals surface area contributed by atoms with E-state index < -0.39 is 5.97 Å². The minimum Gasteiger partial charge on any atom is -0.452 e. The number of benzene rings is 2. The number of hydrogen-bond donors (Lipinski definition) is 1. The molecule has 0 atom stereocenters. The molecule has 0 aliphatic heterocycles. The van der Waals surface area contributed by atoms with Crippen LogP contribution in [0, 0.1) is 27.7 Å². The van der Waals surface area contributed by atoms with Crippen LogP contribution in [0.3, 0.4) is 0 Å². The third-order valence-corrected chi connectivity index (χ3v) is 6.10. The number of anilines is 1. The summed E-state index contributed by atoms with van der Waals surface area (Å²) in [7, 11) is 0. The monoisotopic (exact) mass is 479 g/mol. The summed E-state index contributed by atoms with van der Waals surface area (Å²) in [6.07, 6.45) is 0. The van der Waals surface area contributed by atoms with Crippen LogP contribution in [0.2, 0.25) is 10.0 Å². The SMILES string of the molecule is Cc1ccc(N/N=C(\Cl)C(=O)OCc2cc(-c3c(C)c(Cl)c(C)c(Cl)c3C)no2)cc1. The molecule has 0 saturated heterocycles. The van der Waals surface area contributed by atoms with Crippen molar-refractivity contribution in [3.63, 3.8) is 0 Å². The Balaban J connectivity index is 1.67. The third-order valence-electron chi connectivity index (χ3n) is 4.73. The van der Waals surface area contributed by atoms with E-state index in [0.717, 1.165) is 27.8 Å². The predicted molar refractivity (Wildman–Crippen MR) is 124 cm³/mol. The molecule has 0 saturated carbocycles. The third kappa shape index (κ3) is 5.21. The van der Waals surface area contributed by atoms with Gasteiger partial charge in [-0.25, -0.2) is 4.79 Å². The van der Waals surface area contributed by atoms with E-state index in [4.69, 9.17) is 44.1 Å². The number of nitrogens with one attached hydrogen (secondary N) is 1. The van der Waals surface area contributed by atoms with Crippen molar-refractivity contribution >= 4 is 51.6 Å². The van der Waals surface area contributed by atoms with Gasteiger partial charge in [-0.1, -0.05) is 57.7 Å². The molecule has 1 N–H and O–H groups in total. The van der Waals surface area contributed by atoms with Crippen molar-refractivity contribution in [2.75, 3.05) is 5.43 Å². The summed E-state index contributed by atoms with van der Waals surface area (Å²) in [5.41, 5.74) is 8.32. The maximum absolute atomic E-state index is 12.1. The molecule has 1 heterocycles. The molecule has 0 fully saturated rings. The van der Waals surface area contributed by atoms with Gasteiger partial charge in [0.1, 0.15) is 5.69 Å². The molecule has 0 aliphatic carbocycles. The second-order valence-electron chi connectivity index (χ2n) is 7.01. The van der Waals surface area contributed by atoms with Crippen LogP contribution >= 0.6 is 34.8 Å². The van der Waals surface area contributed by atoms with E-state index in [1.165, 1.54) is 0 Å². The molecule has 1 aromatic heterocycles. The van der Waals surface area contributed by atoms with Gasteiger partial charge in [0.2, 0.25) is 5.17 Å². The highest BCUT2D eigenvalue weighted by Gasteiger charge is 2.20. The van der Waals surface area contributed by atoms with Gasteiger partial charge in [0, 0.05) is 21.7 Å². The van der Waals surface area contributed by atoms with E-state index in [9.17, 15) is 4.79 Å². The first-order chi connectivity index (χ1) is 14.7. The molecule has 0 spiro atoms. The fourth-order valence-corrected chi connectivity index (χ4v) is 3.55. The Hall–Kier alpha value is -2.54. The molecule has 162 valence electrons. The minimum atomic E-state index is -0.798. The fraction of sp³-hybridized carbons (Fsp3) is 0.227. The standard InChI is InChI=1S/C22H20Cl3N3O3/c1-11-5-7-15(8-6-11)26-27-21(25)22(29)30-10-16-9-17(28-31-16)18-12(2)19(23)14(4)20(24)13(18)3/h5-9,26H,10H2,1-4H3/b27-21-. The quantitative estimate of drug-likeness (QED) is 0.245. The van der Waals surface area contributed by atoms with Gasteiger partial charge < -0.3 is 9.26 Å². The van der Waals surface area contributed by atoms with Crippen molar-refractivity contribution in [3.8, 4) is 11.3 Å². The molecule has 3 aromatic rings. The number of carbonyl (C=O) groups is 1. The first-order valence-corrected chi connectivity index (χ1v) is 10.5. The van der Waals surface area contributed by atoms with E-state index in [0.29, 0.717) is 27.2 Å². The van der Waals surface area contributed by atoms with Crippen molar-refractivity contribution in [1.29, 1.82) is 0 Å². The highest BCUT2D eigenvalue weighted by molar-refractivity contribution is 6.82. The van der Waals surface area contributed by atoms with Crippen LogP contribution in [-0.2, 0) is 16.1 Å². The molecule has 31 heavy (non-hydrogen) atoms. The highest BCUT2D eigenvalue weighted by atomic mass is 35.5. The number of esters is 1. The Bertz CT molecular complexity index is 1130. The Kier molecular flexibility index (Phi) is 7.26. The van der Waals surface area contributed by atoms with Crippen LogP contribution < -0.4 is 5.43 Å². The van der Waals surface area contributed by atoms with Crippen LogP contribution in [0.4, 0.5) is 5.69 Å². The number of rotatable bonds is 6. The van der Waals surface area contributed by atoms with Crippen LogP contribution in [0.25, 0.3) is 11.3 Å². The van der Waals surface area contributed by atoms with Gasteiger partial charge >= 0.3 is 5.97 Å². The number of halogens is 3. The fourth-order valence-electron chi connectivity index (χ4n) is 3.03. The van der Waals surface area contributed by atoms with E-state index in [1.54, 1.807) is 6.07 Å². The number of nitrogens with zero attached hydrogens (tertiary/aromatic N) is 2. The molecule has 0 amide bonds. The summed E-state index contributed by atoms with van der Waals surface area (Å²) in [6.45, 7) is 7.45. The van der Waals surface area contributed by atoms with Crippen molar-refractivity contribution in [3.05, 3.63) is 68.4 Å². The Morgan fingerprint density at radius 1 is 1.06 bits per heavy atom.